The Morgan fingerprint density at radius 2 is 1.88 bits per heavy atom. The van der Waals surface area contributed by atoms with Crippen molar-refractivity contribution in [3.05, 3.63) is 40.3 Å². The Hall–Kier alpha value is -1.70. The van der Waals surface area contributed by atoms with Crippen LogP contribution in [0.2, 0.25) is 0 Å². The van der Waals surface area contributed by atoms with E-state index in [0.717, 1.165) is 31.7 Å². The molecular formula is C17H20N3O2S2+. The maximum atomic E-state index is 12.5. The number of quaternary nitrogens is 1. The topological polar surface area (TPSA) is 45.1 Å². The van der Waals surface area contributed by atoms with Crippen molar-refractivity contribution in [2.75, 3.05) is 40.3 Å². The van der Waals surface area contributed by atoms with E-state index in [1.165, 1.54) is 21.6 Å². The van der Waals surface area contributed by atoms with Gasteiger partial charge in [-0.05, 0) is 23.8 Å². The molecule has 2 amide bonds. The van der Waals surface area contributed by atoms with Gasteiger partial charge in [0.15, 0.2) is 0 Å². The fourth-order valence-corrected chi connectivity index (χ4v) is 3.87. The second-order valence-corrected chi connectivity index (χ2v) is 7.79. The van der Waals surface area contributed by atoms with Crippen LogP contribution >= 0.6 is 24.0 Å². The summed E-state index contributed by atoms with van der Waals surface area (Å²) < 4.78 is 0.565. The largest absolute Gasteiger partial charge is 0.334 e. The number of carbonyl (C=O) groups is 2. The van der Waals surface area contributed by atoms with Crippen LogP contribution in [0.15, 0.2) is 29.2 Å². The number of nitrogens with one attached hydrogen (secondary N) is 1. The normalized spacial score (nSPS) is 21.0. The van der Waals surface area contributed by atoms with Gasteiger partial charge in [0.05, 0.1) is 38.1 Å². The number of likely N-dealkylation sites (N-methyl/N-ethyl adjacent to an activating group) is 2. The van der Waals surface area contributed by atoms with Crippen LogP contribution < -0.4 is 4.90 Å². The molecule has 1 aromatic rings. The third kappa shape index (κ3) is 3.53. The smallest absolute Gasteiger partial charge is 0.265 e. The van der Waals surface area contributed by atoms with Crippen LogP contribution in [0.5, 0.6) is 0 Å². The molecule has 2 aliphatic rings. The van der Waals surface area contributed by atoms with Crippen LogP contribution in [0.1, 0.15) is 15.9 Å². The van der Waals surface area contributed by atoms with Gasteiger partial charge in [0, 0.05) is 12.6 Å². The summed E-state index contributed by atoms with van der Waals surface area (Å²) in [7, 11) is 3.83. The first-order chi connectivity index (χ1) is 11.5. The third-order valence-electron chi connectivity index (χ3n) is 4.35. The molecule has 7 heteroatoms. The van der Waals surface area contributed by atoms with Gasteiger partial charge in [0.25, 0.3) is 11.8 Å². The summed E-state index contributed by atoms with van der Waals surface area (Å²) >= 11 is 6.42. The highest BCUT2D eigenvalue weighted by Crippen LogP contribution is 2.31. The van der Waals surface area contributed by atoms with Gasteiger partial charge < -0.3 is 9.80 Å². The predicted molar refractivity (Wildman–Crippen MR) is 99.9 cm³/mol. The molecular weight excluding hydrogens is 342 g/mol. The standard InChI is InChI=1S/C17H19N3O2S2/c1-18-7-9-20(10-8-18)15(21)13-5-3-12(4-6-13)11-14-16(22)19(2)17(23)24-14/h3-6,11H,7-10H2,1-2H3/p+1/b14-11+. The minimum absolute atomic E-state index is 0.0777. The molecule has 0 aromatic heterocycles. The number of hydrogen-bond donors (Lipinski definition) is 1. The summed E-state index contributed by atoms with van der Waals surface area (Å²) in [6.07, 6.45) is 1.82. The second-order valence-electron chi connectivity index (χ2n) is 6.11. The number of nitrogens with zero attached hydrogens (tertiary/aromatic N) is 2. The van der Waals surface area contributed by atoms with Gasteiger partial charge in [0.1, 0.15) is 4.32 Å². The summed E-state index contributed by atoms with van der Waals surface area (Å²) in [6, 6.07) is 7.39. The number of carbonyl (C=O) groups excluding carboxylic acids is 2. The molecule has 2 aliphatic heterocycles. The summed E-state index contributed by atoms with van der Waals surface area (Å²) in [6.45, 7) is 3.57. The first-order valence-corrected chi connectivity index (χ1v) is 9.10. The Morgan fingerprint density at radius 3 is 2.42 bits per heavy atom. The van der Waals surface area contributed by atoms with Gasteiger partial charge in [0.2, 0.25) is 0 Å². The quantitative estimate of drug-likeness (QED) is 0.614. The molecule has 2 saturated heterocycles. The Morgan fingerprint density at radius 1 is 1.25 bits per heavy atom. The average Bonchev–Trinajstić information content (AvgIpc) is 2.83. The van der Waals surface area contributed by atoms with Crippen LogP contribution in [0, 0.1) is 0 Å². The molecule has 24 heavy (non-hydrogen) atoms. The molecule has 0 spiro atoms. The lowest BCUT2D eigenvalue weighted by Crippen LogP contribution is -3.12. The van der Waals surface area contributed by atoms with Crippen molar-refractivity contribution in [3.63, 3.8) is 0 Å². The van der Waals surface area contributed by atoms with Gasteiger partial charge in [-0.1, -0.05) is 36.1 Å². The van der Waals surface area contributed by atoms with E-state index in [9.17, 15) is 9.59 Å². The summed E-state index contributed by atoms with van der Waals surface area (Å²) in [5.41, 5.74) is 1.58. The lowest BCUT2D eigenvalue weighted by atomic mass is 10.1. The highest BCUT2D eigenvalue weighted by Gasteiger charge is 2.28. The minimum atomic E-state index is -0.0786. The maximum Gasteiger partial charge on any atom is 0.265 e. The molecule has 1 aromatic carbocycles. The second kappa shape index (κ2) is 7.04. The van der Waals surface area contributed by atoms with E-state index in [-0.39, 0.29) is 11.8 Å². The molecule has 0 saturated carbocycles. The van der Waals surface area contributed by atoms with Gasteiger partial charge in [-0.15, -0.1) is 0 Å². The number of rotatable bonds is 2. The summed E-state index contributed by atoms with van der Waals surface area (Å²) in [5.74, 6) is -0.000906. The number of hydrogen-bond acceptors (Lipinski definition) is 4. The lowest BCUT2D eigenvalue weighted by molar-refractivity contribution is -0.883. The minimum Gasteiger partial charge on any atom is -0.334 e. The highest BCUT2D eigenvalue weighted by atomic mass is 32.2. The number of thioether (sulfide) groups is 1. The van der Waals surface area contributed by atoms with Crippen LogP contribution in [-0.2, 0) is 4.79 Å². The highest BCUT2D eigenvalue weighted by molar-refractivity contribution is 8.26. The fraction of sp³-hybridized carbons (Fsp3) is 0.353. The zero-order valence-electron chi connectivity index (χ0n) is 13.7. The van der Waals surface area contributed by atoms with E-state index in [1.54, 1.807) is 7.05 Å². The van der Waals surface area contributed by atoms with Gasteiger partial charge in [-0.25, -0.2) is 0 Å². The van der Waals surface area contributed by atoms with Crippen molar-refractivity contribution in [2.24, 2.45) is 0 Å². The molecule has 0 unspecified atom stereocenters. The summed E-state index contributed by atoms with van der Waals surface area (Å²) in [5, 5.41) is 0. The molecule has 1 N–H and O–H groups in total. The van der Waals surface area contributed by atoms with Gasteiger partial charge >= 0.3 is 0 Å². The molecule has 0 radical (unpaired) electrons. The molecule has 5 nitrogen and oxygen atoms in total. The zero-order valence-corrected chi connectivity index (χ0v) is 15.4. The predicted octanol–water partition coefficient (Wildman–Crippen LogP) is 0.488. The molecule has 2 fully saturated rings. The van der Waals surface area contributed by atoms with Crippen molar-refractivity contribution in [1.29, 1.82) is 0 Å². The van der Waals surface area contributed by atoms with E-state index in [0.29, 0.717) is 14.8 Å². The summed E-state index contributed by atoms with van der Waals surface area (Å²) in [4.78, 5) is 30.0. The van der Waals surface area contributed by atoms with Crippen molar-refractivity contribution < 1.29 is 14.5 Å². The first-order valence-electron chi connectivity index (χ1n) is 7.88. The monoisotopic (exact) mass is 362 g/mol. The average molecular weight is 362 g/mol. The van der Waals surface area contributed by atoms with E-state index in [1.807, 2.05) is 35.2 Å². The van der Waals surface area contributed by atoms with E-state index >= 15 is 0 Å². The number of thiocarbonyl (C=S) groups is 1. The molecule has 0 bridgehead atoms. The Bertz CT molecular complexity index is 707. The van der Waals surface area contributed by atoms with Crippen molar-refractivity contribution in [1.82, 2.24) is 9.80 Å². The number of piperazine rings is 1. The van der Waals surface area contributed by atoms with Crippen LogP contribution in [0.4, 0.5) is 0 Å². The van der Waals surface area contributed by atoms with Crippen LogP contribution in [-0.4, -0.2) is 66.2 Å². The SMILES string of the molecule is CN1C(=O)/C(=C\c2ccc(C(=O)N3CC[NH+](C)CC3)cc2)SC1=S. The van der Waals surface area contributed by atoms with Crippen molar-refractivity contribution >= 4 is 46.2 Å². The van der Waals surface area contributed by atoms with Crippen LogP contribution in [0.25, 0.3) is 6.08 Å². The lowest BCUT2D eigenvalue weighted by Gasteiger charge is -2.30. The number of amides is 2. The molecule has 0 aliphatic carbocycles. The Kier molecular flexibility index (Phi) is 5.03. The first kappa shape index (κ1) is 17.1. The maximum absolute atomic E-state index is 12.5. The Balaban J connectivity index is 1.71. The molecule has 3 rings (SSSR count). The van der Waals surface area contributed by atoms with E-state index in [4.69, 9.17) is 12.2 Å². The number of benzene rings is 1. The molecule has 126 valence electrons. The Labute approximate surface area is 151 Å². The molecule has 0 atom stereocenters. The van der Waals surface area contributed by atoms with Crippen molar-refractivity contribution in [2.45, 2.75) is 0 Å². The van der Waals surface area contributed by atoms with Crippen LogP contribution in [0.3, 0.4) is 0 Å². The third-order valence-corrected chi connectivity index (χ3v) is 5.83. The van der Waals surface area contributed by atoms with E-state index in [2.05, 4.69) is 7.05 Å². The molecule has 2 heterocycles. The van der Waals surface area contributed by atoms with E-state index < -0.39 is 0 Å². The fourth-order valence-electron chi connectivity index (χ4n) is 2.69. The van der Waals surface area contributed by atoms with Gasteiger partial charge in [-0.3, -0.25) is 14.5 Å². The van der Waals surface area contributed by atoms with Crippen molar-refractivity contribution in [3.8, 4) is 0 Å². The zero-order chi connectivity index (χ0) is 17.3. The van der Waals surface area contributed by atoms with Gasteiger partial charge in [-0.2, -0.15) is 0 Å².